The fourth-order valence-corrected chi connectivity index (χ4v) is 3.96. The first-order valence-corrected chi connectivity index (χ1v) is 7.79. The van der Waals surface area contributed by atoms with Gasteiger partial charge >= 0.3 is 5.97 Å². The molecule has 5 heteroatoms. The molecule has 3 heterocycles. The van der Waals surface area contributed by atoms with E-state index < -0.39 is 5.97 Å². The van der Waals surface area contributed by atoms with E-state index in [1.165, 1.54) is 0 Å². The Morgan fingerprint density at radius 1 is 1.25 bits per heavy atom. The Hall–Kier alpha value is -1.10. The predicted molar refractivity (Wildman–Crippen MR) is 72.2 cm³/mol. The first-order valence-electron chi connectivity index (χ1n) is 7.79. The Balaban J connectivity index is 1.54. The van der Waals surface area contributed by atoms with Gasteiger partial charge in [-0.25, -0.2) is 0 Å². The lowest BCUT2D eigenvalue weighted by molar-refractivity contribution is -0.139. The van der Waals surface area contributed by atoms with E-state index in [2.05, 4.69) is 0 Å². The number of piperidine rings is 1. The standard InChI is InChI=1S/C15H23NO4/c17-14(18)6-3-10-2-1-7-16(9-10)15(19)12-8-11-4-5-13(12)20-11/h10-13H,1-9H2,(H,17,18). The highest BCUT2D eigenvalue weighted by molar-refractivity contribution is 5.80. The SMILES string of the molecule is O=C(O)CCC1CCCN(C(=O)C2CC3CCC2O3)C1. The van der Waals surface area contributed by atoms with Gasteiger partial charge < -0.3 is 14.7 Å². The lowest BCUT2D eigenvalue weighted by Gasteiger charge is -2.35. The molecule has 0 aromatic rings. The molecular formula is C15H23NO4. The second kappa shape index (κ2) is 5.72. The van der Waals surface area contributed by atoms with Crippen LogP contribution < -0.4 is 0 Å². The van der Waals surface area contributed by atoms with Gasteiger partial charge in [-0.15, -0.1) is 0 Å². The Morgan fingerprint density at radius 3 is 2.75 bits per heavy atom. The molecule has 112 valence electrons. The number of nitrogens with zero attached hydrogens (tertiary/aromatic N) is 1. The van der Waals surface area contributed by atoms with Gasteiger partial charge in [-0.3, -0.25) is 9.59 Å². The molecule has 0 spiro atoms. The third-order valence-corrected chi connectivity index (χ3v) is 5.02. The van der Waals surface area contributed by atoms with Crippen LogP contribution in [0.1, 0.15) is 44.9 Å². The highest BCUT2D eigenvalue weighted by atomic mass is 16.5. The number of carboxylic acid groups (broad SMARTS) is 1. The van der Waals surface area contributed by atoms with Crippen LogP contribution in [0.15, 0.2) is 0 Å². The number of carbonyl (C=O) groups excluding carboxylic acids is 1. The summed E-state index contributed by atoms with van der Waals surface area (Å²) in [7, 11) is 0. The van der Waals surface area contributed by atoms with Crippen LogP contribution in [0.2, 0.25) is 0 Å². The number of fused-ring (bicyclic) bond motifs is 2. The Morgan fingerprint density at radius 2 is 2.10 bits per heavy atom. The van der Waals surface area contributed by atoms with Crippen LogP contribution in [-0.2, 0) is 14.3 Å². The van der Waals surface area contributed by atoms with E-state index in [1.807, 2.05) is 4.90 Å². The van der Waals surface area contributed by atoms with E-state index in [1.54, 1.807) is 0 Å². The highest BCUT2D eigenvalue weighted by Crippen LogP contribution is 2.40. The summed E-state index contributed by atoms with van der Waals surface area (Å²) in [6.45, 7) is 1.57. The van der Waals surface area contributed by atoms with Crippen molar-refractivity contribution in [1.29, 1.82) is 0 Å². The van der Waals surface area contributed by atoms with Gasteiger partial charge in [0, 0.05) is 19.5 Å². The zero-order valence-electron chi connectivity index (χ0n) is 11.8. The topological polar surface area (TPSA) is 66.8 Å². The van der Waals surface area contributed by atoms with Crippen LogP contribution in [0, 0.1) is 11.8 Å². The first-order chi connectivity index (χ1) is 9.63. The molecule has 0 aromatic carbocycles. The summed E-state index contributed by atoms with van der Waals surface area (Å²) in [6, 6.07) is 0. The summed E-state index contributed by atoms with van der Waals surface area (Å²) < 4.78 is 5.78. The molecule has 2 bridgehead atoms. The van der Waals surface area contributed by atoms with Crippen LogP contribution in [0.4, 0.5) is 0 Å². The van der Waals surface area contributed by atoms with Gasteiger partial charge in [0.05, 0.1) is 18.1 Å². The van der Waals surface area contributed by atoms with E-state index in [9.17, 15) is 9.59 Å². The van der Waals surface area contributed by atoms with E-state index in [4.69, 9.17) is 9.84 Å². The second-order valence-electron chi connectivity index (χ2n) is 6.44. The van der Waals surface area contributed by atoms with E-state index in [0.717, 1.165) is 45.2 Å². The van der Waals surface area contributed by atoms with E-state index in [-0.39, 0.29) is 24.3 Å². The fourth-order valence-electron chi connectivity index (χ4n) is 3.96. The molecule has 4 unspecified atom stereocenters. The van der Waals surface area contributed by atoms with Crippen molar-refractivity contribution in [2.24, 2.45) is 11.8 Å². The molecule has 4 atom stereocenters. The summed E-state index contributed by atoms with van der Waals surface area (Å²) >= 11 is 0. The highest BCUT2D eigenvalue weighted by Gasteiger charge is 2.46. The molecule has 1 amide bonds. The zero-order valence-corrected chi connectivity index (χ0v) is 11.8. The molecule has 0 saturated carbocycles. The Kier molecular flexibility index (Phi) is 3.96. The number of carboxylic acids is 1. The Bertz CT molecular complexity index is 397. The van der Waals surface area contributed by atoms with E-state index >= 15 is 0 Å². The zero-order chi connectivity index (χ0) is 14.1. The molecule has 20 heavy (non-hydrogen) atoms. The lowest BCUT2D eigenvalue weighted by atomic mass is 9.86. The number of rotatable bonds is 4. The second-order valence-corrected chi connectivity index (χ2v) is 6.44. The summed E-state index contributed by atoms with van der Waals surface area (Å²) in [4.78, 5) is 25.2. The number of hydrogen-bond donors (Lipinski definition) is 1. The minimum absolute atomic E-state index is 0.0620. The average molecular weight is 281 g/mol. The number of hydrogen-bond acceptors (Lipinski definition) is 3. The van der Waals surface area contributed by atoms with Gasteiger partial charge in [0.1, 0.15) is 0 Å². The summed E-state index contributed by atoms with van der Waals surface area (Å²) in [5.41, 5.74) is 0. The van der Waals surface area contributed by atoms with Gasteiger partial charge in [0.25, 0.3) is 0 Å². The van der Waals surface area contributed by atoms with Crippen LogP contribution in [0.3, 0.4) is 0 Å². The van der Waals surface area contributed by atoms with Crippen molar-refractivity contribution < 1.29 is 19.4 Å². The van der Waals surface area contributed by atoms with E-state index in [0.29, 0.717) is 18.4 Å². The molecule has 0 aromatic heterocycles. The van der Waals surface area contributed by atoms with Crippen LogP contribution in [0.25, 0.3) is 0 Å². The van der Waals surface area contributed by atoms with Gasteiger partial charge in [0.2, 0.25) is 5.91 Å². The molecule has 3 aliphatic rings. The molecule has 1 N–H and O–H groups in total. The molecular weight excluding hydrogens is 258 g/mol. The molecule has 3 fully saturated rings. The number of likely N-dealkylation sites (tertiary alicyclic amines) is 1. The van der Waals surface area contributed by atoms with Crippen molar-refractivity contribution in [1.82, 2.24) is 4.90 Å². The summed E-state index contributed by atoms with van der Waals surface area (Å²) in [5, 5.41) is 8.77. The molecule has 0 radical (unpaired) electrons. The van der Waals surface area contributed by atoms with Crippen molar-refractivity contribution >= 4 is 11.9 Å². The van der Waals surface area contributed by atoms with Crippen molar-refractivity contribution in [3.63, 3.8) is 0 Å². The smallest absolute Gasteiger partial charge is 0.303 e. The largest absolute Gasteiger partial charge is 0.481 e. The monoisotopic (exact) mass is 281 g/mol. The minimum Gasteiger partial charge on any atom is -0.481 e. The predicted octanol–water partition coefficient (Wildman–Crippen LogP) is 1.66. The third kappa shape index (κ3) is 2.82. The van der Waals surface area contributed by atoms with Crippen LogP contribution in [-0.4, -0.2) is 47.2 Å². The molecule has 3 rings (SSSR count). The van der Waals surface area contributed by atoms with Crippen molar-refractivity contribution in [3.8, 4) is 0 Å². The van der Waals surface area contributed by atoms with Gasteiger partial charge in [0.15, 0.2) is 0 Å². The first kappa shape index (κ1) is 13.9. The van der Waals surface area contributed by atoms with Crippen LogP contribution >= 0.6 is 0 Å². The average Bonchev–Trinajstić information content (AvgIpc) is 3.07. The lowest BCUT2D eigenvalue weighted by Crippen LogP contribution is -2.45. The minimum atomic E-state index is -0.741. The van der Waals surface area contributed by atoms with Gasteiger partial charge in [-0.1, -0.05) is 0 Å². The molecule has 5 nitrogen and oxygen atoms in total. The van der Waals surface area contributed by atoms with Crippen LogP contribution in [0.5, 0.6) is 0 Å². The maximum absolute atomic E-state index is 12.6. The summed E-state index contributed by atoms with van der Waals surface area (Å²) in [5.74, 6) is -0.0811. The van der Waals surface area contributed by atoms with Crippen molar-refractivity contribution in [3.05, 3.63) is 0 Å². The molecule has 0 aliphatic carbocycles. The van der Waals surface area contributed by atoms with Gasteiger partial charge in [-0.05, 0) is 44.4 Å². The van der Waals surface area contributed by atoms with Gasteiger partial charge in [-0.2, -0.15) is 0 Å². The quantitative estimate of drug-likeness (QED) is 0.851. The van der Waals surface area contributed by atoms with Crippen molar-refractivity contribution in [2.75, 3.05) is 13.1 Å². The molecule has 3 saturated heterocycles. The number of amides is 1. The Labute approximate surface area is 119 Å². The van der Waals surface area contributed by atoms with Crippen molar-refractivity contribution in [2.45, 2.75) is 57.2 Å². The number of ether oxygens (including phenoxy) is 1. The maximum atomic E-state index is 12.6. The summed E-state index contributed by atoms with van der Waals surface area (Å²) in [6.07, 6.45) is 6.42. The number of carbonyl (C=O) groups is 2. The number of aliphatic carboxylic acids is 1. The molecule has 3 aliphatic heterocycles. The maximum Gasteiger partial charge on any atom is 0.303 e. The normalized spacial score (nSPS) is 36.3. The fraction of sp³-hybridized carbons (Fsp3) is 0.867. The third-order valence-electron chi connectivity index (χ3n) is 5.02.